The highest BCUT2D eigenvalue weighted by molar-refractivity contribution is 5.74. The van der Waals surface area contributed by atoms with Gasteiger partial charge in [-0.2, -0.15) is 0 Å². The first-order valence-corrected chi connectivity index (χ1v) is 6.97. The zero-order chi connectivity index (χ0) is 14.8. The van der Waals surface area contributed by atoms with Crippen LogP contribution in [0, 0.1) is 0 Å². The van der Waals surface area contributed by atoms with Crippen molar-refractivity contribution < 1.29 is 9.53 Å². The lowest BCUT2D eigenvalue weighted by Gasteiger charge is -2.27. The van der Waals surface area contributed by atoms with Crippen LogP contribution in [0.3, 0.4) is 0 Å². The van der Waals surface area contributed by atoms with Gasteiger partial charge >= 0.3 is 0 Å². The number of nitrogens with zero attached hydrogens (tertiary/aromatic N) is 3. The minimum Gasteiger partial charge on any atom is -0.470 e. The van der Waals surface area contributed by atoms with Gasteiger partial charge in [0.1, 0.15) is 6.10 Å². The van der Waals surface area contributed by atoms with E-state index >= 15 is 0 Å². The molecule has 1 fully saturated rings. The van der Waals surface area contributed by atoms with Crippen molar-refractivity contribution in [2.24, 2.45) is 0 Å². The maximum atomic E-state index is 11.5. The van der Waals surface area contributed by atoms with Gasteiger partial charge in [0.25, 0.3) is 0 Å². The Labute approximate surface area is 123 Å². The number of nitrogens with one attached hydrogen (secondary N) is 1. The molecule has 1 aromatic carbocycles. The first-order chi connectivity index (χ1) is 10.1. The molecular formula is C15H18N4O2. The molecule has 1 N–H and O–H groups in total. The number of para-hydroxylation sites is 2. The maximum Gasteiger partial charge on any atom is 0.233 e. The van der Waals surface area contributed by atoms with Gasteiger partial charge in [-0.05, 0) is 12.1 Å². The Morgan fingerprint density at radius 1 is 1.33 bits per heavy atom. The second-order valence-electron chi connectivity index (χ2n) is 5.21. The van der Waals surface area contributed by atoms with Crippen LogP contribution in [0.4, 0.5) is 0 Å². The molecule has 6 nitrogen and oxygen atoms in total. The largest absolute Gasteiger partial charge is 0.470 e. The maximum absolute atomic E-state index is 11.5. The van der Waals surface area contributed by atoms with Crippen molar-refractivity contribution >= 4 is 16.9 Å². The van der Waals surface area contributed by atoms with Crippen molar-refractivity contribution in [1.82, 2.24) is 20.2 Å². The van der Waals surface area contributed by atoms with E-state index in [2.05, 4.69) is 15.3 Å². The van der Waals surface area contributed by atoms with Crippen molar-refractivity contribution in [3.8, 4) is 5.88 Å². The summed E-state index contributed by atoms with van der Waals surface area (Å²) in [6.45, 7) is 2.98. The minimum absolute atomic E-state index is 0.00997. The highest BCUT2D eigenvalue weighted by atomic mass is 16.5. The van der Waals surface area contributed by atoms with Crippen LogP contribution in [-0.2, 0) is 4.79 Å². The summed E-state index contributed by atoms with van der Waals surface area (Å²) in [5, 5.41) is 3.25. The molecule has 1 aliphatic heterocycles. The van der Waals surface area contributed by atoms with Gasteiger partial charge in [0.05, 0.1) is 23.3 Å². The van der Waals surface area contributed by atoms with Crippen LogP contribution in [0.2, 0.25) is 0 Å². The summed E-state index contributed by atoms with van der Waals surface area (Å²) in [4.78, 5) is 22.0. The van der Waals surface area contributed by atoms with Crippen molar-refractivity contribution in [2.75, 3.05) is 20.1 Å². The second kappa shape index (κ2) is 5.65. The highest BCUT2D eigenvalue weighted by Crippen LogP contribution is 2.18. The molecule has 1 amide bonds. The van der Waals surface area contributed by atoms with E-state index in [-0.39, 0.29) is 18.1 Å². The van der Waals surface area contributed by atoms with Gasteiger partial charge in [-0.3, -0.25) is 4.79 Å². The van der Waals surface area contributed by atoms with Gasteiger partial charge in [-0.1, -0.05) is 12.1 Å². The van der Waals surface area contributed by atoms with Gasteiger partial charge in [-0.15, -0.1) is 0 Å². The Kier molecular flexibility index (Phi) is 3.70. The third-order valence-electron chi connectivity index (χ3n) is 3.82. The van der Waals surface area contributed by atoms with Crippen LogP contribution >= 0.6 is 0 Å². The summed E-state index contributed by atoms with van der Waals surface area (Å²) < 4.78 is 5.94. The van der Waals surface area contributed by atoms with Gasteiger partial charge in [0, 0.05) is 27.1 Å². The van der Waals surface area contributed by atoms with Gasteiger partial charge in [0.2, 0.25) is 11.8 Å². The number of likely N-dealkylation sites (N-methyl/N-ethyl adjacent to an activating group) is 1. The molecule has 2 unspecified atom stereocenters. The number of carbonyl (C=O) groups is 1. The van der Waals surface area contributed by atoms with Gasteiger partial charge < -0.3 is 15.0 Å². The number of hydrogen-bond donors (Lipinski definition) is 1. The van der Waals surface area contributed by atoms with E-state index in [4.69, 9.17) is 4.74 Å². The third kappa shape index (κ3) is 2.80. The molecule has 21 heavy (non-hydrogen) atoms. The monoisotopic (exact) mass is 286 g/mol. The fourth-order valence-electron chi connectivity index (χ4n) is 2.53. The Morgan fingerprint density at radius 3 is 2.86 bits per heavy atom. The average molecular weight is 286 g/mol. The molecule has 0 spiro atoms. The first-order valence-electron chi connectivity index (χ1n) is 6.97. The Morgan fingerprint density at radius 2 is 2.10 bits per heavy atom. The Bertz CT molecular complexity index is 661. The van der Waals surface area contributed by atoms with Crippen LogP contribution in [0.1, 0.15) is 6.92 Å². The van der Waals surface area contributed by atoms with Gasteiger partial charge in [-0.25, -0.2) is 9.97 Å². The molecule has 1 aromatic heterocycles. The summed E-state index contributed by atoms with van der Waals surface area (Å²) in [7, 11) is 1.79. The minimum atomic E-state index is -0.116. The highest BCUT2D eigenvalue weighted by Gasteiger charge is 2.33. The zero-order valence-corrected chi connectivity index (χ0v) is 12.1. The van der Waals surface area contributed by atoms with Crippen molar-refractivity contribution in [2.45, 2.75) is 19.1 Å². The zero-order valence-electron chi connectivity index (χ0n) is 12.1. The lowest BCUT2D eigenvalue weighted by molar-refractivity contribution is -0.130. The summed E-state index contributed by atoms with van der Waals surface area (Å²) in [6.07, 6.45) is 1.51. The quantitative estimate of drug-likeness (QED) is 0.905. The molecule has 2 heterocycles. The number of benzene rings is 1. The molecule has 6 heteroatoms. The van der Waals surface area contributed by atoms with Gasteiger partial charge in [0.15, 0.2) is 0 Å². The average Bonchev–Trinajstić information content (AvgIpc) is 2.94. The molecule has 0 radical (unpaired) electrons. The number of rotatable bonds is 3. The second-order valence-corrected chi connectivity index (χ2v) is 5.21. The molecule has 0 bridgehead atoms. The third-order valence-corrected chi connectivity index (χ3v) is 3.82. The van der Waals surface area contributed by atoms with E-state index in [0.717, 1.165) is 17.6 Å². The number of carbonyl (C=O) groups excluding carboxylic acids is 1. The Balaban J connectivity index is 1.79. The molecule has 2 aromatic rings. The van der Waals surface area contributed by atoms with Crippen molar-refractivity contribution in [3.05, 3.63) is 30.5 Å². The normalized spacial score (nSPS) is 21.4. The van der Waals surface area contributed by atoms with Crippen molar-refractivity contribution in [1.29, 1.82) is 0 Å². The number of hydrogen-bond acceptors (Lipinski definition) is 5. The smallest absolute Gasteiger partial charge is 0.233 e. The molecule has 1 saturated heterocycles. The molecule has 0 saturated carbocycles. The predicted molar refractivity (Wildman–Crippen MR) is 79.1 cm³/mol. The van der Waals surface area contributed by atoms with E-state index in [1.807, 2.05) is 24.3 Å². The van der Waals surface area contributed by atoms with Crippen LogP contribution in [0.25, 0.3) is 11.0 Å². The van der Waals surface area contributed by atoms with E-state index in [1.54, 1.807) is 25.1 Å². The lowest BCUT2D eigenvalue weighted by atomic mass is 10.2. The molecule has 0 aliphatic carbocycles. The summed E-state index contributed by atoms with van der Waals surface area (Å²) in [5.41, 5.74) is 1.64. The number of aromatic nitrogens is 2. The topological polar surface area (TPSA) is 67.4 Å². The SMILES string of the molecule is CC(=O)N(C)C1CNCC1Oc1cnc2ccccc2n1. The van der Waals surface area contributed by atoms with E-state index in [9.17, 15) is 4.79 Å². The number of ether oxygens (including phenoxy) is 1. The Hall–Kier alpha value is -2.21. The van der Waals surface area contributed by atoms with Crippen LogP contribution in [0.5, 0.6) is 5.88 Å². The summed E-state index contributed by atoms with van der Waals surface area (Å²) in [5.74, 6) is 0.520. The molecule has 3 rings (SSSR count). The van der Waals surface area contributed by atoms with Crippen LogP contribution in [-0.4, -0.2) is 53.1 Å². The van der Waals surface area contributed by atoms with Crippen LogP contribution < -0.4 is 10.1 Å². The fourth-order valence-corrected chi connectivity index (χ4v) is 2.53. The predicted octanol–water partition coefficient (Wildman–Crippen LogP) is 0.827. The molecular weight excluding hydrogens is 268 g/mol. The summed E-state index contributed by atoms with van der Waals surface area (Å²) in [6, 6.07) is 7.67. The van der Waals surface area contributed by atoms with E-state index < -0.39 is 0 Å². The molecule has 110 valence electrons. The number of amides is 1. The summed E-state index contributed by atoms with van der Waals surface area (Å²) >= 11 is 0. The molecule has 1 aliphatic rings. The fraction of sp³-hybridized carbons (Fsp3) is 0.400. The van der Waals surface area contributed by atoms with Crippen LogP contribution in [0.15, 0.2) is 30.5 Å². The molecule has 2 atom stereocenters. The lowest BCUT2D eigenvalue weighted by Crippen LogP contribution is -2.45. The van der Waals surface area contributed by atoms with E-state index in [0.29, 0.717) is 12.4 Å². The first kappa shape index (κ1) is 13.8. The van der Waals surface area contributed by atoms with Crippen molar-refractivity contribution in [3.63, 3.8) is 0 Å². The number of fused-ring (bicyclic) bond motifs is 1. The van der Waals surface area contributed by atoms with E-state index in [1.165, 1.54) is 0 Å². The standard InChI is InChI=1S/C15H18N4O2/c1-10(20)19(2)13-7-16-8-14(13)21-15-9-17-11-5-3-4-6-12(11)18-15/h3-6,9,13-14,16H,7-8H2,1-2H3.